The molecule has 0 saturated carbocycles. The lowest BCUT2D eigenvalue weighted by molar-refractivity contribution is 0.0929. The highest BCUT2D eigenvalue weighted by Gasteiger charge is 2.22. The molecule has 3 aromatic rings. The summed E-state index contributed by atoms with van der Waals surface area (Å²) in [7, 11) is 1.58. The van der Waals surface area contributed by atoms with E-state index in [-0.39, 0.29) is 11.8 Å². The predicted molar refractivity (Wildman–Crippen MR) is 112 cm³/mol. The largest absolute Gasteiger partial charge is 0.497 e. The molecule has 4 rings (SSSR count). The van der Waals surface area contributed by atoms with Crippen molar-refractivity contribution in [2.24, 2.45) is 0 Å². The van der Waals surface area contributed by atoms with Crippen LogP contribution in [0.15, 0.2) is 54.6 Å². The van der Waals surface area contributed by atoms with E-state index in [4.69, 9.17) is 9.47 Å². The molecule has 7 heteroatoms. The van der Waals surface area contributed by atoms with E-state index in [1.54, 1.807) is 31.4 Å². The van der Waals surface area contributed by atoms with E-state index < -0.39 is 0 Å². The van der Waals surface area contributed by atoms with Crippen LogP contribution in [0.25, 0.3) is 10.4 Å². The van der Waals surface area contributed by atoms with Crippen molar-refractivity contribution in [3.63, 3.8) is 0 Å². The number of rotatable bonds is 6. The number of hydrogen-bond acceptors (Lipinski definition) is 5. The molecule has 2 N–H and O–H groups in total. The van der Waals surface area contributed by atoms with Crippen molar-refractivity contribution in [3.8, 4) is 21.9 Å². The number of methoxy groups -OCH3 is 1. The summed E-state index contributed by atoms with van der Waals surface area (Å²) in [5.74, 6) is 1.19. The number of ether oxygens (including phenoxy) is 2. The normalized spacial score (nSPS) is 11.6. The molecular weight excluding hydrogens is 388 g/mol. The van der Waals surface area contributed by atoms with Crippen molar-refractivity contribution in [3.05, 3.63) is 70.6 Å². The number of amides is 2. The Kier molecular flexibility index (Phi) is 5.48. The third kappa shape index (κ3) is 4.09. The second kappa shape index (κ2) is 8.36. The Labute approximate surface area is 172 Å². The highest BCUT2D eigenvalue weighted by Crippen LogP contribution is 2.42. The first-order valence-corrected chi connectivity index (χ1v) is 10.0. The topological polar surface area (TPSA) is 76.7 Å². The van der Waals surface area contributed by atoms with E-state index in [0.717, 1.165) is 21.8 Å². The number of para-hydroxylation sites is 1. The Balaban J connectivity index is 1.31. The Morgan fingerprint density at radius 2 is 1.76 bits per heavy atom. The Bertz CT molecular complexity index is 1040. The van der Waals surface area contributed by atoms with Gasteiger partial charge in [-0.3, -0.25) is 9.59 Å². The molecule has 2 aromatic carbocycles. The maximum atomic E-state index is 12.5. The summed E-state index contributed by atoms with van der Waals surface area (Å²) in [6.45, 7) is 1.15. The van der Waals surface area contributed by atoms with Crippen LogP contribution >= 0.6 is 11.3 Å². The van der Waals surface area contributed by atoms with Gasteiger partial charge in [-0.1, -0.05) is 12.1 Å². The van der Waals surface area contributed by atoms with Crippen LogP contribution in [0.3, 0.4) is 0 Å². The van der Waals surface area contributed by atoms with Crippen molar-refractivity contribution in [1.82, 2.24) is 10.6 Å². The first kappa shape index (κ1) is 19.0. The molecule has 0 saturated heterocycles. The van der Waals surface area contributed by atoms with E-state index in [0.29, 0.717) is 35.9 Å². The van der Waals surface area contributed by atoms with Crippen molar-refractivity contribution in [2.75, 3.05) is 20.2 Å². The lowest BCUT2D eigenvalue weighted by atomic mass is 10.1. The summed E-state index contributed by atoms with van der Waals surface area (Å²) in [6, 6.07) is 16.6. The van der Waals surface area contributed by atoms with Crippen LogP contribution in [-0.2, 0) is 6.61 Å². The summed E-state index contributed by atoms with van der Waals surface area (Å²) in [5, 5.41) is 5.65. The highest BCUT2D eigenvalue weighted by molar-refractivity contribution is 7.17. The number of fused-ring (bicyclic) bond motifs is 3. The number of thiophene rings is 1. The van der Waals surface area contributed by atoms with Gasteiger partial charge < -0.3 is 20.1 Å². The minimum Gasteiger partial charge on any atom is -0.497 e. The molecule has 0 spiro atoms. The minimum absolute atomic E-state index is 0.152. The van der Waals surface area contributed by atoms with E-state index in [9.17, 15) is 9.59 Å². The highest BCUT2D eigenvalue weighted by atomic mass is 32.1. The molecule has 2 amide bonds. The molecule has 29 heavy (non-hydrogen) atoms. The van der Waals surface area contributed by atoms with Gasteiger partial charge in [0.05, 0.1) is 12.0 Å². The van der Waals surface area contributed by atoms with E-state index >= 15 is 0 Å². The molecule has 0 atom stereocenters. The molecule has 1 aliphatic heterocycles. The van der Waals surface area contributed by atoms with Gasteiger partial charge in [-0.05, 0) is 42.5 Å². The van der Waals surface area contributed by atoms with Gasteiger partial charge in [0.15, 0.2) is 0 Å². The number of hydrogen-bond donors (Lipinski definition) is 2. The second-order valence-corrected chi connectivity index (χ2v) is 7.54. The van der Waals surface area contributed by atoms with Gasteiger partial charge in [0.2, 0.25) is 0 Å². The molecule has 6 nitrogen and oxygen atoms in total. The van der Waals surface area contributed by atoms with Crippen LogP contribution in [0, 0.1) is 0 Å². The molecule has 0 aliphatic carbocycles. The molecule has 0 bridgehead atoms. The molecule has 1 aromatic heterocycles. The summed E-state index contributed by atoms with van der Waals surface area (Å²) >= 11 is 1.46. The monoisotopic (exact) mass is 408 g/mol. The van der Waals surface area contributed by atoms with Gasteiger partial charge in [0.1, 0.15) is 18.1 Å². The van der Waals surface area contributed by atoms with Crippen LogP contribution in [0.5, 0.6) is 11.5 Å². The first-order valence-electron chi connectivity index (χ1n) is 9.21. The summed E-state index contributed by atoms with van der Waals surface area (Å²) in [6.07, 6.45) is 0. The number of benzene rings is 2. The standard InChI is InChI=1S/C22H20N2O4S/c1-27-16-8-6-14(7-9-16)21(25)23-10-11-24-22(26)19-12-15-13-28-18-5-3-2-4-17(18)20(15)29-19/h2-9,12H,10-11,13H2,1H3,(H,23,25)(H,24,26). The van der Waals surface area contributed by atoms with Gasteiger partial charge >= 0.3 is 0 Å². The zero-order valence-electron chi connectivity index (χ0n) is 15.9. The minimum atomic E-state index is -0.192. The smallest absolute Gasteiger partial charge is 0.261 e. The molecule has 1 aliphatic rings. The van der Waals surface area contributed by atoms with Crippen LogP contribution in [0.1, 0.15) is 25.6 Å². The average molecular weight is 408 g/mol. The van der Waals surface area contributed by atoms with Crippen molar-refractivity contribution < 1.29 is 19.1 Å². The quantitative estimate of drug-likeness (QED) is 0.613. The summed E-state index contributed by atoms with van der Waals surface area (Å²) in [4.78, 5) is 26.3. The molecule has 0 fully saturated rings. The summed E-state index contributed by atoms with van der Waals surface area (Å²) in [5.41, 5.74) is 2.58. The Morgan fingerprint density at radius 3 is 2.52 bits per heavy atom. The fourth-order valence-electron chi connectivity index (χ4n) is 3.10. The lowest BCUT2D eigenvalue weighted by Gasteiger charge is -2.16. The van der Waals surface area contributed by atoms with Gasteiger partial charge in [0.25, 0.3) is 11.8 Å². The Hall–Kier alpha value is -3.32. The van der Waals surface area contributed by atoms with E-state index in [1.165, 1.54) is 11.3 Å². The van der Waals surface area contributed by atoms with Gasteiger partial charge in [0, 0.05) is 34.7 Å². The number of carbonyl (C=O) groups is 2. The zero-order valence-corrected chi connectivity index (χ0v) is 16.7. The van der Waals surface area contributed by atoms with E-state index in [1.807, 2.05) is 30.3 Å². The second-order valence-electron chi connectivity index (χ2n) is 6.49. The SMILES string of the molecule is COc1ccc(C(=O)NCCNC(=O)c2cc3c(s2)-c2ccccc2OC3)cc1. The third-order valence-electron chi connectivity index (χ3n) is 4.60. The van der Waals surface area contributed by atoms with Gasteiger partial charge in [-0.25, -0.2) is 0 Å². The molecule has 0 radical (unpaired) electrons. The van der Waals surface area contributed by atoms with Crippen molar-refractivity contribution in [1.29, 1.82) is 0 Å². The summed E-state index contributed by atoms with van der Waals surface area (Å²) < 4.78 is 10.8. The number of nitrogens with one attached hydrogen (secondary N) is 2. The fourth-order valence-corrected chi connectivity index (χ4v) is 4.21. The van der Waals surface area contributed by atoms with Crippen molar-refractivity contribution in [2.45, 2.75) is 6.61 Å². The maximum Gasteiger partial charge on any atom is 0.261 e. The zero-order chi connectivity index (χ0) is 20.2. The molecule has 148 valence electrons. The fraction of sp³-hybridized carbons (Fsp3) is 0.182. The van der Waals surface area contributed by atoms with Crippen molar-refractivity contribution >= 4 is 23.2 Å². The molecule has 0 unspecified atom stereocenters. The lowest BCUT2D eigenvalue weighted by Crippen LogP contribution is -2.34. The first-order chi connectivity index (χ1) is 14.2. The van der Waals surface area contributed by atoms with Crippen LogP contribution in [0.4, 0.5) is 0 Å². The van der Waals surface area contributed by atoms with Gasteiger partial charge in [-0.2, -0.15) is 0 Å². The third-order valence-corrected chi connectivity index (χ3v) is 5.81. The average Bonchev–Trinajstić information content (AvgIpc) is 3.21. The van der Waals surface area contributed by atoms with Crippen LogP contribution in [0.2, 0.25) is 0 Å². The Morgan fingerprint density at radius 1 is 1.03 bits per heavy atom. The predicted octanol–water partition coefficient (Wildman–Crippen LogP) is 3.48. The van der Waals surface area contributed by atoms with Crippen LogP contribution < -0.4 is 20.1 Å². The van der Waals surface area contributed by atoms with Crippen LogP contribution in [-0.4, -0.2) is 32.0 Å². The maximum absolute atomic E-state index is 12.5. The van der Waals surface area contributed by atoms with Gasteiger partial charge in [-0.15, -0.1) is 11.3 Å². The molecule has 2 heterocycles. The van der Waals surface area contributed by atoms with E-state index in [2.05, 4.69) is 10.6 Å². The molecular formula is C22H20N2O4S. The number of carbonyl (C=O) groups excluding carboxylic acids is 2.